The van der Waals surface area contributed by atoms with Crippen molar-refractivity contribution in [3.05, 3.63) is 10.1 Å². The van der Waals surface area contributed by atoms with Crippen LogP contribution in [0.4, 0.5) is 0 Å². The van der Waals surface area contributed by atoms with Crippen molar-refractivity contribution in [2.75, 3.05) is 20.2 Å². The second-order valence-electron chi connectivity index (χ2n) is 3.20. The second kappa shape index (κ2) is 8.20. The number of ether oxygens (including phenoxy) is 1. The number of carbonyl (C=O) groups excluding carboxylic acids is 3. The number of hydrogen-bond donors (Lipinski definition) is 1. The molecule has 1 amide bonds. The zero-order valence-electron chi connectivity index (χ0n) is 9.43. The summed E-state index contributed by atoms with van der Waals surface area (Å²) in [5, 5.41) is 12.2. The SMILES string of the molecule is COC(=O)CCC(=O)NCC(=O)CC[N+](=O)[O-]. The molecule has 0 aliphatic rings. The van der Waals surface area contributed by atoms with Crippen LogP contribution in [0.15, 0.2) is 0 Å². The van der Waals surface area contributed by atoms with Crippen molar-refractivity contribution in [1.82, 2.24) is 5.32 Å². The molecule has 17 heavy (non-hydrogen) atoms. The van der Waals surface area contributed by atoms with Gasteiger partial charge in [0.05, 0.1) is 26.5 Å². The Morgan fingerprint density at radius 1 is 1.24 bits per heavy atom. The van der Waals surface area contributed by atoms with E-state index in [1.165, 1.54) is 7.11 Å². The number of carbonyl (C=O) groups is 3. The summed E-state index contributed by atoms with van der Waals surface area (Å²) in [5.41, 5.74) is 0. The fourth-order valence-electron chi connectivity index (χ4n) is 0.908. The molecule has 0 rings (SSSR count). The third kappa shape index (κ3) is 8.97. The van der Waals surface area contributed by atoms with Crippen LogP contribution in [-0.4, -0.2) is 42.8 Å². The Hall–Kier alpha value is -1.99. The number of methoxy groups -OCH3 is 1. The minimum Gasteiger partial charge on any atom is -0.469 e. The van der Waals surface area contributed by atoms with Crippen molar-refractivity contribution in [2.45, 2.75) is 19.3 Å². The van der Waals surface area contributed by atoms with Crippen LogP contribution in [0.1, 0.15) is 19.3 Å². The van der Waals surface area contributed by atoms with Gasteiger partial charge in [-0.1, -0.05) is 0 Å². The van der Waals surface area contributed by atoms with Gasteiger partial charge in [0.15, 0.2) is 5.78 Å². The van der Waals surface area contributed by atoms with Crippen LogP contribution < -0.4 is 5.32 Å². The summed E-state index contributed by atoms with van der Waals surface area (Å²) >= 11 is 0. The summed E-state index contributed by atoms with van der Waals surface area (Å²) in [6, 6.07) is 0. The van der Waals surface area contributed by atoms with Gasteiger partial charge in [-0.05, 0) is 0 Å². The number of hydrogen-bond acceptors (Lipinski definition) is 6. The molecule has 0 unspecified atom stereocenters. The molecule has 0 fully saturated rings. The van der Waals surface area contributed by atoms with Crippen molar-refractivity contribution >= 4 is 17.7 Å². The summed E-state index contributed by atoms with van der Waals surface area (Å²) in [4.78, 5) is 42.2. The fraction of sp³-hybridized carbons (Fsp3) is 0.667. The zero-order chi connectivity index (χ0) is 13.3. The van der Waals surface area contributed by atoms with Crippen molar-refractivity contribution in [2.24, 2.45) is 0 Å². The predicted octanol–water partition coefficient (Wildman–Crippen LogP) is -0.708. The molecular formula is C9H14N2O6. The maximum absolute atomic E-state index is 11.1. The quantitative estimate of drug-likeness (QED) is 0.343. The normalized spacial score (nSPS) is 9.47. The van der Waals surface area contributed by atoms with Gasteiger partial charge < -0.3 is 10.1 Å². The first-order chi connectivity index (χ1) is 7.95. The molecule has 0 aromatic heterocycles. The van der Waals surface area contributed by atoms with Crippen LogP contribution in [0.2, 0.25) is 0 Å². The molecule has 0 radical (unpaired) electrons. The van der Waals surface area contributed by atoms with E-state index < -0.39 is 29.1 Å². The molecule has 0 spiro atoms. The first kappa shape index (κ1) is 15.0. The lowest BCUT2D eigenvalue weighted by Gasteiger charge is -2.02. The molecular weight excluding hydrogens is 232 g/mol. The Morgan fingerprint density at radius 3 is 2.41 bits per heavy atom. The molecule has 96 valence electrons. The van der Waals surface area contributed by atoms with Crippen LogP contribution in [-0.2, 0) is 19.1 Å². The Bertz CT molecular complexity index is 315. The van der Waals surface area contributed by atoms with E-state index in [4.69, 9.17) is 0 Å². The number of ketones is 1. The highest BCUT2D eigenvalue weighted by molar-refractivity contribution is 5.87. The average Bonchev–Trinajstić information content (AvgIpc) is 2.30. The van der Waals surface area contributed by atoms with E-state index in [-0.39, 0.29) is 25.8 Å². The van der Waals surface area contributed by atoms with Crippen molar-refractivity contribution in [3.63, 3.8) is 0 Å². The average molecular weight is 246 g/mol. The highest BCUT2D eigenvalue weighted by atomic mass is 16.6. The standard InChI is InChI=1S/C9H14N2O6/c1-17-9(14)3-2-8(13)10-6-7(12)4-5-11(15)16/h2-6H2,1H3,(H,10,13). The van der Waals surface area contributed by atoms with Gasteiger partial charge in [0.2, 0.25) is 12.5 Å². The fourth-order valence-corrected chi connectivity index (χ4v) is 0.908. The molecule has 0 heterocycles. The van der Waals surface area contributed by atoms with E-state index in [9.17, 15) is 24.5 Å². The van der Waals surface area contributed by atoms with Crippen LogP contribution in [0.3, 0.4) is 0 Å². The van der Waals surface area contributed by atoms with Crippen LogP contribution in [0.5, 0.6) is 0 Å². The number of esters is 1. The van der Waals surface area contributed by atoms with E-state index in [2.05, 4.69) is 10.1 Å². The number of Topliss-reactive ketones (excluding diaryl/α,β-unsaturated/α-hetero) is 1. The topological polar surface area (TPSA) is 116 Å². The molecule has 0 atom stereocenters. The van der Waals surface area contributed by atoms with Gasteiger partial charge in [-0.25, -0.2) is 0 Å². The summed E-state index contributed by atoms with van der Waals surface area (Å²) in [7, 11) is 1.21. The van der Waals surface area contributed by atoms with Gasteiger partial charge in [-0.2, -0.15) is 0 Å². The molecule has 0 aromatic rings. The highest BCUT2D eigenvalue weighted by Crippen LogP contribution is 1.91. The number of rotatable bonds is 8. The van der Waals surface area contributed by atoms with Crippen molar-refractivity contribution in [1.29, 1.82) is 0 Å². The number of nitrogens with one attached hydrogen (secondary N) is 1. The van der Waals surface area contributed by atoms with Gasteiger partial charge in [0.1, 0.15) is 0 Å². The summed E-state index contributed by atoms with van der Waals surface area (Å²) < 4.78 is 4.33. The Kier molecular flexibility index (Phi) is 7.24. The smallest absolute Gasteiger partial charge is 0.306 e. The maximum Gasteiger partial charge on any atom is 0.306 e. The van der Waals surface area contributed by atoms with Crippen molar-refractivity contribution < 1.29 is 24.0 Å². The molecule has 0 aliphatic heterocycles. The second-order valence-corrected chi connectivity index (χ2v) is 3.20. The zero-order valence-corrected chi connectivity index (χ0v) is 9.43. The van der Waals surface area contributed by atoms with Gasteiger partial charge in [-0.3, -0.25) is 24.5 Å². The molecule has 0 saturated carbocycles. The third-order valence-electron chi connectivity index (χ3n) is 1.84. The summed E-state index contributed by atoms with van der Waals surface area (Å²) in [5.74, 6) is -1.40. The maximum atomic E-state index is 11.1. The monoisotopic (exact) mass is 246 g/mol. The first-order valence-electron chi connectivity index (χ1n) is 4.92. The lowest BCUT2D eigenvalue weighted by atomic mass is 10.2. The Labute approximate surface area is 97.5 Å². The van der Waals surface area contributed by atoms with Gasteiger partial charge in [-0.15, -0.1) is 0 Å². The molecule has 8 nitrogen and oxygen atoms in total. The number of nitro groups is 1. The van der Waals surface area contributed by atoms with E-state index in [0.29, 0.717) is 0 Å². The highest BCUT2D eigenvalue weighted by Gasteiger charge is 2.10. The van der Waals surface area contributed by atoms with Crippen LogP contribution in [0, 0.1) is 10.1 Å². The molecule has 0 saturated heterocycles. The van der Waals surface area contributed by atoms with E-state index >= 15 is 0 Å². The minimum atomic E-state index is -0.600. The van der Waals surface area contributed by atoms with Crippen molar-refractivity contribution in [3.8, 4) is 0 Å². The summed E-state index contributed by atoms with van der Waals surface area (Å²) in [6.07, 6.45) is -0.356. The lowest BCUT2D eigenvalue weighted by molar-refractivity contribution is -0.478. The third-order valence-corrected chi connectivity index (χ3v) is 1.84. The largest absolute Gasteiger partial charge is 0.469 e. The lowest BCUT2D eigenvalue weighted by Crippen LogP contribution is -2.30. The van der Waals surface area contributed by atoms with Crippen LogP contribution in [0.25, 0.3) is 0 Å². The molecule has 0 aliphatic carbocycles. The Balaban J connectivity index is 3.66. The predicted molar refractivity (Wildman–Crippen MR) is 55.7 cm³/mol. The van der Waals surface area contributed by atoms with Gasteiger partial charge in [0.25, 0.3) is 0 Å². The van der Waals surface area contributed by atoms with Gasteiger partial charge in [0, 0.05) is 11.3 Å². The molecule has 0 aromatic carbocycles. The molecule has 8 heteroatoms. The number of amides is 1. The first-order valence-corrected chi connectivity index (χ1v) is 4.92. The minimum absolute atomic E-state index is 0.0641. The summed E-state index contributed by atoms with van der Waals surface area (Å²) in [6.45, 7) is -0.704. The number of nitrogens with zero attached hydrogens (tertiary/aromatic N) is 1. The Morgan fingerprint density at radius 2 is 1.88 bits per heavy atom. The van der Waals surface area contributed by atoms with E-state index in [1.54, 1.807) is 0 Å². The van der Waals surface area contributed by atoms with Gasteiger partial charge >= 0.3 is 5.97 Å². The van der Waals surface area contributed by atoms with E-state index in [1.807, 2.05) is 0 Å². The van der Waals surface area contributed by atoms with Crippen LogP contribution >= 0.6 is 0 Å². The molecule has 1 N–H and O–H groups in total. The molecule has 0 bridgehead atoms. The van der Waals surface area contributed by atoms with E-state index in [0.717, 1.165) is 0 Å².